The Hall–Kier alpha value is -1.62. The lowest BCUT2D eigenvalue weighted by Gasteiger charge is -2.22. The first kappa shape index (κ1) is 11.9. The summed E-state index contributed by atoms with van der Waals surface area (Å²) in [4.78, 5) is 14.5. The van der Waals surface area contributed by atoms with Crippen molar-refractivity contribution in [2.75, 3.05) is 6.61 Å². The monoisotopic (exact) mass is 237 g/mol. The molecule has 1 heterocycles. The number of carboxylic acid groups (broad SMARTS) is 1. The van der Waals surface area contributed by atoms with E-state index in [-0.39, 0.29) is 12.2 Å². The second kappa shape index (κ2) is 4.71. The molecule has 0 unspecified atom stereocenters. The molecular weight excluding hydrogens is 222 g/mol. The van der Waals surface area contributed by atoms with E-state index in [4.69, 9.17) is 9.84 Å². The van der Waals surface area contributed by atoms with Crippen LogP contribution in [0.4, 0.5) is 0 Å². The van der Waals surface area contributed by atoms with Crippen molar-refractivity contribution in [3.8, 4) is 5.75 Å². The average molecular weight is 237 g/mol. The Morgan fingerprint density at radius 2 is 2.12 bits per heavy atom. The van der Waals surface area contributed by atoms with Gasteiger partial charge in [0.1, 0.15) is 12.4 Å². The molecule has 2 rings (SSSR count). The van der Waals surface area contributed by atoms with Gasteiger partial charge in [-0.15, -0.1) is 0 Å². The zero-order chi connectivity index (χ0) is 12.3. The standard InChI is InChI=1S/C12H15NO4/c14-11(15)9-5-10(7-13-6-9)17-8-12(16)3-1-2-4-12/h5-7,16H,1-4,8H2,(H,14,15). The molecule has 0 saturated heterocycles. The number of ether oxygens (including phenoxy) is 1. The number of rotatable bonds is 4. The Morgan fingerprint density at radius 3 is 2.76 bits per heavy atom. The van der Waals surface area contributed by atoms with E-state index >= 15 is 0 Å². The molecule has 0 aromatic carbocycles. The van der Waals surface area contributed by atoms with Gasteiger partial charge in [-0.1, -0.05) is 12.8 Å². The second-order valence-corrected chi connectivity index (χ2v) is 4.43. The van der Waals surface area contributed by atoms with Crippen LogP contribution in [0, 0.1) is 0 Å². The van der Waals surface area contributed by atoms with Crippen molar-refractivity contribution in [3.05, 3.63) is 24.0 Å². The van der Waals surface area contributed by atoms with E-state index in [1.807, 2.05) is 0 Å². The smallest absolute Gasteiger partial charge is 0.337 e. The van der Waals surface area contributed by atoms with E-state index in [1.54, 1.807) is 0 Å². The average Bonchev–Trinajstić information content (AvgIpc) is 2.75. The number of carboxylic acids is 1. The quantitative estimate of drug-likeness (QED) is 0.828. The molecule has 0 bridgehead atoms. The molecule has 1 saturated carbocycles. The SMILES string of the molecule is O=C(O)c1cncc(OCC2(O)CCCC2)c1. The van der Waals surface area contributed by atoms with Gasteiger partial charge in [0.2, 0.25) is 0 Å². The van der Waals surface area contributed by atoms with E-state index in [2.05, 4.69) is 4.98 Å². The van der Waals surface area contributed by atoms with Crippen LogP contribution in [0.15, 0.2) is 18.5 Å². The molecule has 1 aromatic rings. The highest BCUT2D eigenvalue weighted by atomic mass is 16.5. The molecular formula is C12H15NO4. The summed E-state index contributed by atoms with van der Waals surface area (Å²) in [5.41, 5.74) is -0.680. The molecule has 0 aliphatic heterocycles. The van der Waals surface area contributed by atoms with Crippen molar-refractivity contribution in [3.63, 3.8) is 0 Å². The number of aromatic carboxylic acids is 1. The molecule has 2 N–H and O–H groups in total. The van der Waals surface area contributed by atoms with Crippen molar-refractivity contribution in [2.24, 2.45) is 0 Å². The van der Waals surface area contributed by atoms with Crippen LogP contribution in [0.5, 0.6) is 5.75 Å². The van der Waals surface area contributed by atoms with Gasteiger partial charge in [0, 0.05) is 6.20 Å². The maximum atomic E-state index is 10.7. The number of carbonyl (C=O) groups is 1. The molecule has 1 aromatic heterocycles. The Morgan fingerprint density at radius 1 is 1.41 bits per heavy atom. The van der Waals surface area contributed by atoms with Crippen LogP contribution in [-0.2, 0) is 0 Å². The van der Waals surface area contributed by atoms with Gasteiger partial charge in [0.05, 0.1) is 17.4 Å². The summed E-state index contributed by atoms with van der Waals surface area (Å²) >= 11 is 0. The van der Waals surface area contributed by atoms with E-state index < -0.39 is 11.6 Å². The molecule has 0 radical (unpaired) electrons. The number of aromatic nitrogens is 1. The van der Waals surface area contributed by atoms with Gasteiger partial charge in [0.15, 0.2) is 0 Å². The van der Waals surface area contributed by atoms with Crippen LogP contribution in [0.25, 0.3) is 0 Å². The van der Waals surface area contributed by atoms with Crippen molar-refractivity contribution < 1.29 is 19.7 Å². The third-order valence-corrected chi connectivity index (χ3v) is 3.00. The Bertz CT molecular complexity index is 413. The maximum absolute atomic E-state index is 10.7. The van der Waals surface area contributed by atoms with Gasteiger partial charge >= 0.3 is 5.97 Å². The minimum atomic E-state index is -1.04. The van der Waals surface area contributed by atoms with Gasteiger partial charge in [0.25, 0.3) is 0 Å². The molecule has 0 spiro atoms. The predicted octanol–water partition coefficient (Wildman–Crippen LogP) is 1.46. The number of pyridine rings is 1. The fourth-order valence-corrected chi connectivity index (χ4v) is 2.01. The lowest BCUT2D eigenvalue weighted by Crippen LogP contribution is -2.32. The molecule has 0 amide bonds. The zero-order valence-corrected chi connectivity index (χ0v) is 9.43. The van der Waals surface area contributed by atoms with E-state index in [1.165, 1.54) is 18.5 Å². The normalized spacial score (nSPS) is 17.9. The lowest BCUT2D eigenvalue weighted by atomic mass is 10.0. The molecule has 5 nitrogen and oxygen atoms in total. The molecule has 5 heteroatoms. The van der Waals surface area contributed by atoms with Gasteiger partial charge in [-0.25, -0.2) is 4.79 Å². The van der Waals surface area contributed by atoms with E-state index in [0.717, 1.165) is 25.7 Å². The summed E-state index contributed by atoms with van der Waals surface area (Å²) < 4.78 is 5.41. The summed E-state index contributed by atoms with van der Waals surface area (Å²) in [7, 11) is 0. The summed E-state index contributed by atoms with van der Waals surface area (Å²) in [6, 6.07) is 1.41. The zero-order valence-electron chi connectivity index (χ0n) is 9.43. The summed E-state index contributed by atoms with van der Waals surface area (Å²) in [5, 5.41) is 18.9. The topological polar surface area (TPSA) is 79.7 Å². The van der Waals surface area contributed by atoms with Gasteiger partial charge < -0.3 is 14.9 Å². The molecule has 1 fully saturated rings. The number of aliphatic hydroxyl groups is 1. The van der Waals surface area contributed by atoms with Crippen LogP contribution in [0.1, 0.15) is 36.0 Å². The van der Waals surface area contributed by atoms with Crippen LogP contribution in [0.3, 0.4) is 0 Å². The maximum Gasteiger partial charge on any atom is 0.337 e. The fraction of sp³-hybridized carbons (Fsp3) is 0.500. The third kappa shape index (κ3) is 2.94. The molecule has 92 valence electrons. The van der Waals surface area contributed by atoms with E-state index in [9.17, 15) is 9.90 Å². The molecule has 0 atom stereocenters. The van der Waals surface area contributed by atoms with Crippen LogP contribution in [-0.4, -0.2) is 33.4 Å². The first-order valence-corrected chi connectivity index (χ1v) is 5.63. The lowest BCUT2D eigenvalue weighted by molar-refractivity contribution is 0.00129. The third-order valence-electron chi connectivity index (χ3n) is 3.00. The van der Waals surface area contributed by atoms with E-state index in [0.29, 0.717) is 5.75 Å². The van der Waals surface area contributed by atoms with Crippen molar-refractivity contribution in [2.45, 2.75) is 31.3 Å². The van der Waals surface area contributed by atoms with Gasteiger partial charge in [-0.05, 0) is 18.9 Å². The van der Waals surface area contributed by atoms with Gasteiger partial charge in [-0.2, -0.15) is 0 Å². The van der Waals surface area contributed by atoms with Crippen molar-refractivity contribution in [1.29, 1.82) is 0 Å². The first-order valence-electron chi connectivity index (χ1n) is 5.63. The summed E-state index contributed by atoms with van der Waals surface area (Å²) in [6.07, 6.45) is 6.20. The predicted molar refractivity (Wildman–Crippen MR) is 60.1 cm³/mol. The van der Waals surface area contributed by atoms with Crippen LogP contribution < -0.4 is 4.74 Å². The minimum absolute atomic E-state index is 0.0842. The minimum Gasteiger partial charge on any atom is -0.489 e. The Balaban J connectivity index is 1.99. The first-order chi connectivity index (χ1) is 8.09. The Labute approximate surface area is 99.1 Å². The number of hydrogen-bond acceptors (Lipinski definition) is 4. The largest absolute Gasteiger partial charge is 0.489 e. The van der Waals surface area contributed by atoms with Crippen LogP contribution in [0.2, 0.25) is 0 Å². The van der Waals surface area contributed by atoms with Crippen molar-refractivity contribution >= 4 is 5.97 Å². The van der Waals surface area contributed by atoms with Crippen molar-refractivity contribution in [1.82, 2.24) is 4.98 Å². The fourth-order valence-electron chi connectivity index (χ4n) is 2.01. The Kier molecular flexibility index (Phi) is 3.28. The highest BCUT2D eigenvalue weighted by Gasteiger charge is 2.31. The summed E-state index contributed by atoms with van der Waals surface area (Å²) in [5.74, 6) is -0.659. The molecule has 1 aliphatic carbocycles. The highest BCUT2D eigenvalue weighted by molar-refractivity contribution is 5.87. The second-order valence-electron chi connectivity index (χ2n) is 4.43. The highest BCUT2D eigenvalue weighted by Crippen LogP contribution is 2.30. The molecule has 17 heavy (non-hydrogen) atoms. The van der Waals surface area contributed by atoms with Gasteiger partial charge in [-0.3, -0.25) is 4.98 Å². The number of nitrogens with zero attached hydrogens (tertiary/aromatic N) is 1. The number of hydrogen-bond donors (Lipinski definition) is 2. The summed E-state index contributed by atoms with van der Waals surface area (Å²) in [6.45, 7) is 0.192. The van der Waals surface area contributed by atoms with Crippen LogP contribution >= 0.6 is 0 Å². The molecule has 1 aliphatic rings.